The van der Waals surface area contributed by atoms with Gasteiger partial charge in [0.25, 0.3) is 0 Å². The SMILES string of the molecule is CN(C(=O)C1(C)CN(C(=O)OC(C)(C)C)C1)[C@@H](c1ccc(Br)cc1)C(F)(F)F. The fourth-order valence-corrected chi connectivity index (χ4v) is 3.47. The van der Waals surface area contributed by atoms with Gasteiger partial charge in [-0.15, -0.1) is 0 Å². The number of hydrogen-bond donors (Lipinski definition) is 0. The van der Waals surface area contributed by atoms with Crippen molar-refractivity contribution < 1.29 is 27.5 Å². The van der Waals surface area contributed by atoms with Crippen LogP contribution in [0.3, 0.4) is 0 Å². The Labute approximate surface area is 170 Å². The molecule has 0 radical (unpaired) electrons. The third-order valence-corrected chi connectivity index (χ3v) is 4.98. The van der Waals surface area contributed by atoms with Gasteiger partial charge in [-0.1, -0.05) is 28.1 Å². The highest BCUT2D eigenvalue weighted by atomic mass is 79.9. The molecule has 0 N–H and O–H groups in total. The Kier molecular flexibility index (Phi) is 6.09. The van der Waals surface area contributed by atoms with Crippen molar-refractivity contribution in [3.63, 3.8) is 0 Å². The molecule has 0 saturated carbocycles. The van der Waals surface area contributed by atoms with E-state index in [1.54, 1.807) is 27.7 Å². The zero-order valence-corrected chi connectivity index (χ0v) is 18.0. The first-order chi connectivity index (χ1) is 12.6. The quantitative estimate of drug-likeness (QED) is 0.647. The molecule has 0 unspecified atom stereocenters. The third-order valence-electron chi connectivity index (χ3n) is 4.45. The van der Waals surface area contributed by atoms with Gasteiger partial charge in [-0.2, -0.15) is 13.2 Å². The Morgan fingerprint density at radius 2 is 1.68 bits per heavy atom. The van der Waals surface area contributed by atoms with Gasteiger partial charge in [0, 0.05) is 24.6 Å². The second kappa shape index (κ2) is 7.57. The van der Waals surface area contributed by atoms with E-state index < -0.39 is 35.2 Å². The van der Waals surface area contributed by atoms with Gasteiger partial charge in [0.1, 0.15) is 5.60 Å². The fraction of sp³-hybridized carbons (Fsp3) is 0.579. The van der Waals surface area contributed by atoms with Crippen molar-refractivity contribution >= 4 is 27.9 Å². The van der Waals surface area contributed by atoms with Gasteiger partial charge in [-0.25, -0.2) is 4.79 Å². The topological polar surface area (TPSA) is 49.9 Å². The second-order valence-electron chi connectivity index (χ2n) is 8.31. The van der Waals surface area contributed by atoms with Crippen LogP contribution < -0.4 is 0 Å². The zero-order chi connectivity index (χ0) is 21.5. The molecule has 2 amide bonds. The van der Waals surface area contributed by atoms with E-state index in [9.17, 15) is 22.8 Å². The van der Waals surface area contributed by atoms with E-state index in [1.807, 2.05) is 0 Å². The van der Waals surface area contributed by atoms with Crippen LogP contribution in [-0.4, -0.2) is 53.7 Å². The van der Waals surface area contributed by atoms with Gasteiger partial charge in [0.15, 0.2) is 6.04 Å². The third kappa shape index (κ3) is 4.98. The minimum atomic E-state index is -4.64. The second-order valence-corrected chi connectivity index (χ2v) is 9.22. The van der Waals surface area contributed by atoms with Crippen LogP contribution in [0.15, 0.2) is 28.7 Å². The number of carbonyl (C=O) groups excluding carboxylic acids is 2. The van der Waals surface area contributed by atoms with E-state index in [0.717, 1.165) is 11.9 Å². The summed E-state index contributed by atoms with van der Waals surface area (Å²) in [5, 5.41) is 0. The van der Waals surface area contributed by atoms with Crippen LogP contribution in [0.5, 0.6) is 0 Å². The highest BCUT2D eigenvalue weighted by Gasteiger charge is 2.53. The number of benzene rings is 1. The summed E-state index contributed by atoms with van der Waals surface area (Å²) in [6.45, 7) is 6.73. The molecule has 1 saturated heterocycles. The van der Waals surface area contributed by atoms with E-state index >= 15 is 0 Å². The molecule has 0 spiro atoms. The number of nitrogens with zero attached hydrogens (tertiary/aromatic N) is 2. The number of alkyl halides is 3. The highest BCUT2D eigenvalue weighted by Crippen LogP contribution is 2.41. The maximum absolute atomic E-state index is 13.7. The molecule has 156 valence electrons. The number of carbonyl (C=O) groups is 2. The summed E-state index contributed by atoms with van der Waals surface area (Å²) >= 11 is 3.19. The molecule has 5 nitrogen and oxygen atoms in total. The Morgan fingerprint density at radius 3 is 2.11 bits per heavy atom. The maximum Gasteiger partial charge on any atom is 0.413 e. The summed E-state index contributed by atoms with van der Waals surface area (Å²) in [5.41, 5.74) is -1.81. The molecule has 1 fully saturated rings. The van der Waals surface area contributed by atoms with Crippen molar-refractivity contribution in [1.82, 2.24) is 9.80 Å². The minimum absolute atomic E-state index is 0.00992. The first kappa shape index (κ1) is 22.5. The van der Waals surface area contributed by atoms with Crippen LogP contribution in [-0.2, 0) is 9.53 Å². The molecular weight excluding hydrogens is 441 g/mol. The molecule has 0 aromatic heterocycles. The highest BCUT2D eigenvalue weighted by molar-refractivity contribution is 9.10. The average molecular weight is 465 g/mol. The first-order valence-electron chi connectivity index (χ1n) is 8.71. The molecule has 0 bridgehead atoms. The number of halogens is 4. The van der Waals surface area contributed by atoms with Gasteiger partial charge < -0.3 is 14.5 Å². The lowest BCUT2D eigenvalue weighted by Gasteiger charge is -2.48. The van der Waals surface area contributed by atoms with Gasteiger partial charge in [0.05, 0.1) is 5.41 Å². The summed E-state index contributed by atoms with van der Waals surface area (Å²) in [6, 6.07) is 3.61. The summed E-state index contributed by atoms with van der Waals surface area (Å²) in [5.74, 6) is -0.669. The summed E-state index contributed by atoms with van der Waals surface area (Å²) < 4.78 is 47.1. The predicted molar refractivity (Wildman–Crippen MR) is 102 cm³/mol. The fourth-order valence-electron chi connectivity index (χ4n) is 3.21. The molecule has 1 aliphatic heterocycles. The van der Waals surface area contributed by atoms with Crippen LogP contribution in [0.1, 0.15) is 39.3 Å². The largest absolute Gasteiger partial charge is 0.444 e. The maximum atomic E-state index is 13.7. The number of amides is 2. The molecular formula is C19H24BrF3N2O3. The van der Waals surface area contributed by atoms with Crippen molar-refractivity contribution in [2.75, 3.05) is 20.1 Å². The van der Waals surface area contributed by atoms with Crippen molar-refractivity contribution in [3.05, 3.63) is 34.3 Å². The standard InChI is InChI=1S/C19H24BrF3N2O3/c1-17(2,3)28-16(27)25-10-18(4,11-25)15(26)24(5)14(19(21,22)23)12-6-8-13(20)9-7-12/h6-9,14H,10-11H2,1-5H3/t14-/m0/s1. The van der Waals surface area contributed by atoms with E-state index in [1.165, 1.54) is 29.2 Å². The van der Waals surface area contributed by atoms with E-state index in [-0.39, 0.29) is 18.7 Å². The van der Waals surface area contributed by atoms with Gasteiger partial charge in [-0.05, 0) is 45.4 Å². The molecule has 2 rings (SSSR count). The average Bonchev–Trinajstić information content (AvgIpc) is 2.50. The molecule has 1 aromatic carbocycles. The van der Waals surface area contributed by atoms with Crippen molar-refractivity contribution in [2.24, 2.45) is 5.41 Å². The lowest BCUT2D eigenvalue weighted by Crippen LogP contribution is -2.64. The Hall–Kier alpha value is -1.77. The number of ether oxygens (including phenoxy) is 1. The van der Waals surface area contributed by atoms with Crippen molar-refractivity contribution in [3.8, 4) is 0 Å². The summed E-state index contributed by atoms with van der Waals surface area (Å²) in [6.07, 6.45) is -5.22. The Balaban J connectivity index is 2.15. The molecule has 1 aliphatic rings. The lowest BCUT2D eigenvalue weighted by molar-refractivity contribution is -0.196. The Morgan fingerprint density at radius 1 is 1.18 bits per heavy atom. The number of rotatable bonds is 3. The number of likely N-dealkylation sites (tertiary alicyclic amines) is 1. The number of hydrogen-bond acceptors (Lipinski definition) is 3. The molecule has 28 heavy (non-hydrogen) atoms. The van der Waals surface area contributed by atoms with Gasteiger partial charge >= 0.3 is 12.3 Å². The van der Waals surface area contributed by atoms with Crippen LogP contribution in [0, 0.1) is 5.41 Å². The molecule has 0 aliphatic carbocycles. The smallest absolute Gasteiger partial charge is 0.413 e. The normalized spacial score (nSPS) is 17.5. The van der Waals surface area contributed by atoms with Crippen molar-refractivity contribution in [2.45, 2.75) is 45.5 Å². The molecule has 1 atom stereocenters. The van der Waals surface area contributed by atoms with Crippen LogP contribution in [0.4, 0.5) is 18.0 Å². The van der Waals surface area contributed by atoms with E-state index in [2.05, 4.69) is 15.9 Å². The summed E-state index contributed by atoms with van der Waals surface area (Å²) in [4.78, 5) is 27.0. The van der Waals surface area contributed by atoms with Crippen molar-refractivity contribution in [1.29, 1.82) is 0 Å². The predicted octanol–water partition coefficient (Wildman–Crippen LogP) is 4.77. The van der Waals surface area contributed by atoms with Gasteiger partial charge in [-0.3, -0.25) is 4.79 Å². The van der Waals surface area contributed by atoms with E-state index in [4.69, 9.17) is 4.74 Å². The first-order valence-corrected chi connectivity index (χ1v) is 9.51. The monoisotopic (exact) mass is 464 g/mol. The van der Waals surface area contributed by atoms with Crippen LogP contribution >= 0.6 is 15.9 Å². The summed E-state index contributed by atoms with van der Waals surface area (Å²) in [7, 11) is 1.14. The van der Waals surface area contributed by atoms with Crippen LogP contribution in [0.25, 0.3) is 0 Å². The molecule has 1 aromatic rings. The lowest BCUT2D eigenvalue weighted by atomic mass is 9.80. The Bertz CT molecular complexity index is 738. The van der Waals surface area contributed by atoms with Gasteiger partial charge in [0.2, 0.25) is 5.91 Å². The van der Waals surface area contributed by atoms with E-state index in [0.29, 0.717) is 4.47 Å². The zero-order valence-electron chi connectivity index (χ0n) is 16.4. The molecule has 9 heteroatoms. The van der Waals surface area contributed by atoms with Crippen LogP contribution in [0.2, 0.25) is 0 Å². The molecule has 1 heterocycles. The minimum Gasteiger partial charge on any atom is -0.444 e.